The van der Waals surface area contributed by atoms with Crippen molar-refractivity contribution in [2.75, 3.05) is 5.32 Å². The number of aromatic nitrogens is 2. The highest BCUT2D eigenvalue weighted by atomic mass is 35.5. The van der Waals surface area contributed by atoms with Crippen molar-refractivity contribution in [3.63, 3.8) is 0 Å². The molecular formula is C16H19ClN4O. The minimum atomic E-state index is -0.0218. The number of benzene rings is 1. The van der Waals surface area contributed by atoms with E-state index in [1.54, 1.807) is 29.1 Å². The molecule has 116 valence electrons. The Hall–Kier alpha value is -1.85. The molecule has 3 N–H and O–H groups in total. The Balaban J connectivity index is 1.76. The molecule has 0 radical (unpaired) electrons. The van der Waals surface area contributed by atoms with Gasteiger partial charge in [0.05, 0.1) is 11.9 Å². The first kappa shape index (κ1) is 15.1. The van der Waals surface area contributed by atoms with Crippen molar-refractivity contribution in [3.05, 3.63) is 41.6 Å². The highest BCUT2D eigenvalue weighted by molar-refractivity contribution is 6.30. The summed E-state index contributed by atoms with van der Waals surface area (Å²) in [5.74, 6) is 0.636. The molecule has 1 aromatic heterocycles. The number of carbonyl (C=O) groups is 1. The van der Waals surface area contributed by atoms with Crippen LogP contribution in [0.2, 0.25) is 5.02 Å². The smallest absolute Gasteiger partial charge is 0.228 e. The zero-order valence-corrected chi connectivity index (χ0v) is 13.0. The van der Waals surface area contributed by atoms with Gasteiger partial charge in [-0.2, -0.15) is 5.10 Å². The monoisotopic (exact) mass is 318 g/mol. The topological polar surface area (TPSA) is 72.9 Å². The van der Waals surface area contributed by atoms with Crippen LogP contribution < -0.4 is 11.1 Å². The predicted octanol–water partition coefficient (Wildman–Crippen LogP) is 2.98. The number of nitrogens with one attached hydrogen (secondary N) is 1. The van der Waals surface area contributed by atoms with Crippen LogP contribution in [-0.2, 0) is 4.79 Å². The number of rotatable bonds is 3. The van der Waals surface area contributed by atoms with Crippen LogP contribution in [0.5, 0.6) is 0 Å². The molecule has 1 saturated carbocycles. The van der Waals surface area contributed by atoms with Gasteiger partial charge in [0.1, 0.15) is 5.82 Å². The van der Waals surface area contributed by atoms with Crippen molar-refractivity contribution >= 4 is 23.3 Å². The van der Waals surface area contributed by atoms with Crippen LogP contribution in [0.15, 0.2) is 36.5 Å². The van der Waals surface area contributed by atoms with Crippen LogP contribution in [0, 0.1) is 5.92 Å². The number of hydrogen-bond acceptors (Lipinski definition) is 3. The SMILES string of the molecule is NC1CCCC(C(=O)Nc2ccnn2-c2cccc(Cl)c2)C1. The molecule has 3 rings (SSSR count). The Morgan fingerprint density at radius 1 is 1.36 bits per heavy atom. The number of nitrogens with two attached hydrogens (primary N) is 1. The number of nitrogens with zero attached hydrogens (tertiary/aromatic N) is 2. The molecule has 1 heterocycles. The van der Waals surface area contributed by atoms with Crippen molar-refractivity contribution in [1.29, 1.82) is 0 Å². The van der Waals surface area contributed by atoms with Gasteiger partial charge in [-0.15, -0.1) is 0 Å². The first-order chi connectivity index (χ1) is 10.6. The lowest BCUT2D eigenvalue weighted by molar-refractivity contribution is -0.120. The Labute approximate surface area is 134 Å². The summed E-state index contributed by atoms with van der Waals surface area (Å²) in [5.41, 5.74) is 6.77. The normalized spacial score (nSPS) is 21.5. The van der Waals surface area contributed by atoms with E-state index >= 15 is 0 Å². The summed E-state index contributed by atoms with van der Waals surface area (Å²) in [7, 11) is 0. The van der Waals surface area contributed by atoms with Gasteiger partial charge in [-0.05, 0) is 37.5 Å². The third kappa shape index (κ3) is 3.31. The molecule has 1 aromatic carbocycles. The second-order valence-corrected chi connectivity index (χ2v) is 6.16. The Bertz CT molecular complexity index is 670. The Morgan fingerprint density at radius 2 is 2.23 bits per heavy atom. The summed E-state index contributed by atoms with van der Waals surface area (Å²) in [6.45, 7) is 0. The van der Waals surface area contributed by atoms with Crippen LogP contribution in [-0.4, -0.2) is 21.7 Å². The standard InChI is InChI=1S/C16H19ClN4O/c17-12-4-2-6-14(10-12)21-15(7-8-19-21)20-16(22)11-3-1-5-13(18)9-11/h2,4,6-8,10-11,13H,1,3,5,9,18H2,(H,20,22). The van der Waals surface area contributed by atoms with Crippen LogP contribution in [0.1, 0.15) is 25.7 Å². The highest BCUT2D eigenvalue weighted by Crippen LogP contribution is 2.25. The van der Waals surface area contributed by atoms with E-state index in [1.807, 2.05) is 12.1 Å². The molecule has 2 atom stereocenters. The average Bonchev–Trinajstić information content (AvgIpc) is 2.95. The summed E-state index contributed by atoms with van der Waals surface area (Å²) in [6, 6.07) is 9.26. The third-order valence-electron chi connectivity index (χ3n) is 4.03. The van der Waals surface area contributed by atoms with Gasteiger partial charge in [0, 0.05) is 23.0 Å². The summed E-state index contributed by atoms with van der Waals surface area (Å²) in [4.78, 5) is 12.4. The molecular weight excluding hydrogens is 300 g/mol. The molecule has 0 saturated heterocycles. The van der Waals surface area contributed by atoms with E-state index < -0.39 is 0 Å². The fourth-order valence-corrected chi connectivity index (χ4v) is 3.09. The van der Waals surface area contributed by atoms with Crippen molar-refractivity contribution in [3.8, 4) is 5.69 Å². The van der Waals surface area contributed by atoms with E-state index in [4.69, 9.17) is 17.3 Å². The molecule has 0 bridgehead atoms. The number of halogens is 1. The van der Waals surface area contributed by atoms with Gasteiger partial charge in [0.15, 0.2) is 0 Å². The molecule has 1 aliphatic rings. The van der Waals surface area contributed by atoms with Crippen LogP contribution in [0.4, 0.5) is 5.82 Å². The molecule has 22 heavy (non-hydrogen) atoms. The molecule has 1 amide bonds. The van der Waals surface area contributed by atoms with Crippen molar-refractivity contribution < 1.29 is 4.79 Å². The maximum absolute atomic E-state index is 12.4. The number of amides is 1. The van der Waals surface area contributed by atoms with E-state index in [1.165, 1.54) is 0 Å². The molecule has 5 nitrogen and oxygen atoms in total. The molecule has 2 unspecified atom stereocenters. The maximum Gasteiger partial charge on any atom is 0.228 e. The van der Waals surface area contributed by atoms with E-state index in [2.05, 4.69) is 10.4 Å². The van der Waals surface area contributed by atoms with Gasteiger partial charge in [0.2, 0.25) is 5.91 Å². The fraction of sp³-hybridized carbons (Fsp3) is 0.375. The van der Waals surface area contributed by atoms with Crippen LogP contribution in [0.3, 0.4) is 0 Å². The second-order valence-electron chi connectivity index (χ2n) is 5.72. The van der Waals surface area contributed by atoms with Gasteiger partial charge >= 0.3 is 0 Å². The van der Waals surface area contributed by atoms with Crippen molar-refractivity contribution in [2.45, 2.75) is 31.7 Å². The van der Waals surface area contributed by atoms with Gasteiger partial charge in [-0.1, -0.05) is 24.1 Å². The van der Waals surface area contributed by atoms with Crippen LogP contribution >= 0.6 is 11.6 Å². The van der Waals surface area contributed by atoms with Gasteiger partial charge in [-0.25, -0.2) is 4.68 Å². The van der Waals surface area contributed by atoms with Crippen LogP contribution in [0.25, 0.3) is 5.69 Å². The summed E-state index contributed by atoms with van der Waals surface area (Å²) in [6.07, 6.45) is 5.31. The lowest BCUT2D eigenvalue weighted by atomic mass is 9.85. The molecule has 1 aliphatic carbocycles. The quantitative estimate of drug-likeness (QED) is 0.913. The Kier molecular flexibility index (Phi) is 4.45. The summed E-state index contributed by atoms with van der Waals surface area (Å²) in [5, 5.41) is 7.85. The highest BCUT2D eigenvalue weighted by Gasteiger charge is 2.26. The molecule has 2 aromatic rings. The number of anilines is 1. The van der Waals surface area contributed by atoms with Gasteiger partial charge < -0.3 is 11.1 Å². The van der Waals surface area contributed by atoms with E-state index in [-0.39, 0.29) is 17.9 Å². The molecule has 0 aliphatic heterocycles. The fourth-order valence-electron chi connectivity index (χ4n) is 2.91. The zero-order chi connectivity index (χ0) is 15.5. The number of carbonyl (C=O) groups excluding carboxylic acids is 1. The first-order valence-electron chi connectivity index (χ1n) is 7.50. The molecule has 0 spiro atoms. The minimum Gasteiger partial charge on any atom is -0.328 e. The average molecular weight is 319 g/mol. The summed E-state index contributed by atoms with van der Waals surface area (Å²) < 4.78 is 1.67. The van der Waals surface area contributed by atoms with Gasteiger partial charge in [0.25, 0.3) is 0 Å². The van der Waals surface area contributed by atoms with E-state index in [0.29, 0.717) is 10.8 Å². The lowest BCUT2D eigenvalue weighted by Gasteiger charge is -2.25. The molecule has 1 fully saturated rings. The van der Waals surface area contributed by atoms with E-state index in [9.17, 15) is 4.79 Å². The lowest BCUT2D eigenvalue weighted by Crippen LogP contribution is -2.34. The minimum absolute atomic E-state index is 0.0129. The third-order valence-corrected chi connectivity index (χ3v) is 4.27. The maximum atomic E-state index is 12.4. The first-order valence-corrected chi connectivity index (χ1v) is 7.87. The Morgan fingerprint density at radius 3 is 3.00 bits per heavy atom. The largest absolute Gasteiger partial charge is 0.328 e. The van der Waals surface area contributed by atoms with Crippen molar-refractivity contribution in [1.82, 2.24) is 9.78 Å². The summed E-state index contributed by atoms with van der Waals surface area (Å²) >= 11 is 6.02. The second kappa shape index (κ2) is 6.50. The molecule has 6 heteroatoms. The van der Waals surface area contributed by atoms with Gasteiger partial charge in [-0.3, -0.25) is 4.79 Å². The zero-order valence-electron chi connectivity index (χ0n) is 12.2. The number of hydrogen-bond donors (Lipinski definition) is 2. The van der Waals surface area contributed by atoms with Crippen molar-refractivity contribution in [2.24, 2.45) is 11.7 Å². The predicted molar refractivity (Wildman–Crippen MR) is 87.1 cm³/mol. The van der Waals surface area contributed by atoms with E-state index in [0.717, 1.165) is 31.4 Å².